The number of ether oxygens (including phenoxy) is 2. The van der Waals surface area contributed by atoms with Crippen LogP contribution in [0.15, 0.2) is 36.4 Å². The van der Waals surface area contributed by atoms with E-state index in [2.05, 4.69) is 9.97 Å². The highest BCUT2D eigenvalue weighted by Gasteiger charge is 2.12. The zero-order valence-electron chi connectivity index (χ0n) is 12.3. The number of aromatic nitrogens is 2. The molecule has 0 saturated heterocycles. The molecule has 0 bridgehead atoms. The van der Waals surface area contributed by atoms with Gasteiger partial charge in [0.25, 0.3) is 0 Å². The molecule has 0 aliphatic carbocycles. The zero-order valence-corrected chi connectivity index (χ0v) is 12.3. The number of nitrogens with zero attached hydrogens (tertiary/aromatic N) is 2. The number of anilines is 2. The van der Waals surface area contributed by atoms with Crippen molar-refractivity contribution >= 4 is 22.4 Å². The molecule has 3 rings (SSSR count). The molecule has 112 valence electrons. The summed E-state index contributed by atoms with van der Waals surface area (Å²) in [6.45, 7) is 0. The third-order valence-corrected chi connectivity index (χ3v) is 3.40. The molecule has 6 heteroatoms. The van der Waals surface area contributed by atoms with Gasteiger partial charge in [0.1, 0.15) is 5.82 Å². The predicted molar refractivity (Wildman–Crippen MR) is 86.9 cm³/mol. The Morgan fingerprint density at radius 2 is 1.50 bits per heavy atom. The smallest absolute Gasteiger partial charge is 0.162 e. The zero-order chi connectivity index (χ0) is 15.7. The quantitative estimate of drug-likeness (QED) is 0.721. The van der Waals surface area contributed by atoms with E-state index in [0.717, 1.165) is 10.9 Å². The molecule has 0 atom stereocenters. The molecule has 2 aromatic carbocycles. The molecular formula is C16H16N4O2. The van der Waals surface area contributed by atoms with Crippen molar-refractivity contribution in [3.05, 3.63) is 36.4 Å². The molecule has 0 fully saturated rings. The van der Waals surface area contributed by atoms with Crippen molar-refractivity contribution in [2.24, 2.45) is 0 Å². The molecule has 0 aliphatic rings. The predicted octanol–water partition coefficient (Wildman–Crippen LogP) is 2.48. The van der Waals surface area contributed by atoms with E-state index in [0.29, 0.717) is 34.3 Å². The highest BCUT2D eigenvalue weighted by Crippen LogP contribution is 2.34. The molecule has 0 spiro atoms. The van der Waals surface area contributed by atoms with Crippen molar-refractivity contribution in [3.63, 3.8) is 0 Å². The van der Waals surface area contributed by atoms with Crippen LogP contribution >= 0.6 is 0 Å². The van der Waals surface area contributed by atoms with Gasteiger partial charge < -0.3 is 20.9 Å². The lowest BCUT2D eigenvalue weighted by Gasteiger charge is -2.11. The largest absolute Gasteiger partial charge is 0.493 e. The van der Waals surface area contributed by atoms with E-state index in [1.807, 2.05) is 12.1 Å². The molecule has 22 heavy (non-hydrogen) atoms. The fourth-order valence-electron chi connectivity index (χ4n) is 2.24. The van der Waals surface area contributed by atoms with E-state index >= 15 is 0 Å². The van der Waals surface area contributed by atoms with Gasteiger partial charge in [-0.2, -0.15) is 0 Å². The standard InChI is InChI=1S/C16H16N4O2/c1-21-13-7-11-12(8-14(13)22-2)19-16(20-15(11)18)9-3-5-10(17)6-4-9/h3-8H,17H2,1-2H3,(H2,18,19,20). The molecule has 0 aliphatic heterocycles. The van der Waals surface area contributed by atoms with Crippen molar-refractivity contribution in [3.8, 4) is 22.9 Å². The first-order chi connectivity index (χ1) is 10.6. The molecule has 6 nitrogen and oxygen atoms in total. The summed E-state index contributed by atoms with van der Waals surface area (Å²) >= 11 is 0. The van der Waals surface area contributed by atoms with Gasteiger partial charge in [-0.05, 0) is 30.3 Å². The number of nitrogen functional groups attached to an aromatic ring is 2. The molecule has 4 N–H and O–H groups in total. The summed E-state index contributed by atoms with van der Waals surface area (Å²) in [4.78, 5) is 8.91. The summed E-state index contributed by atoms with van der Waals surface area (Å²) in [5, 5.41) is 0.719. The second-order valence-electron chi connectivity index (χ2n) is 4.78. The molecular weight excluding hydrogens is 280 g/mol. The van der Waals surface area contributed by atoms with E-state index < -0.39 is 0 Å². The summed E-state index contributed by atoms with van der Waals surface area (Å²) in [6, 6.07) is 10.9. The molecule has 1 aromatic heterocycles. The molecule has 0 amide bonds. The lowest BCUT2D eigenvalue weighted by atomic mass is 10.1. The first-order valence-electron chi connectivity index (χ1n) is 6.67. The Kier molecular flexibility index (Phi) is 3.42. The highest BCUT2D eigenvalue weighted by molar-refractivity contribution is 5.92. The van der Waals surface area contributed by atoms with Crippen molar-refractivity contribution in [2.75, 3.05) is 25.7 Å². The fourth-order valence-corrected chi connectivity index (χ4v) is 2.24. The van der Waals surface area contributed by atoms with Gasteiger partial charge in [-0.15, -0.1) is 0 Å². The number of hydrogen-bond acceptors (Lipinski definition) is 6. The first-order valence-corrected chi connectivity index (χ1v) is 6.67. The number of methoxy groups -OCH3 is 2. The van der Waals surface area contributed by atoms with Gasteiger partial charge in [-0.25, -0.2) is 9.97 Å². The van der Waals surface area contributed by atoms with Gasteiger partial charge in [0.2, 0.25) is 0 Å². The Morgan fingerprint density at radius 3 is 2.14 bits per heavy atom. The maximum atomic E-state index is 6.07. The second-order valence-corrected chi connectivity index (χ2v) is 4.78. The van der Waals surface area contributed by atoms with Gasteiger partial charge in [-0.3, -0.25) is 0 Å². The Balaban J connectivity index is 2.21. The number of fused-ring (bicyclic) bond motifs is 1. The Bertz CT molecular complexity index is 832. The van der Waals surface area contributed by atoms with Crippen molar-refractivity contribution in [2.45, 2.75) is 0 Å². The maximum absolute atomic E-state index is 6.07. The third kappa shape index (κ3) is 2.35. The Labute approximate surface area is 127 Å². The minimum Gasteiger partial charge on any atom is -0.493 e. The van der Waals surface area contributed by atoms with E-state index in [1.165, 1.54) is 0 Å². The van der Waals surface area contributed by atoms with Gasteiger partial charge in [0.15, 0.2) is 17.3 Å². The highest BCUT2D eigenvalue weighted by atomic mass is 16.5. The Morgan fingerprint density at radius 1 is 0.864 bits per heavy atom. The normalized spacial score (nSPS) is 10.6. The van der Waals surface area contributed by atoms with Crippen molar-refractivity contribution < 1.29 is 9.47 Å². The van der Waals surface area contributed by atoms with Crippen LogP contribution in [0.3, 0.4) is 0 Å². The van der Waals surface area contributed by atoms with Crippen LogP contribution in [-0.4, -0.2) is 24.2 Å². The average molecular weight is 296 g/mol. The van der Waals surface area contributed by atoms with Crippen LogP contribution in [0.4, 0.5) is 11.5 Å². The summed E-state index contributed by atoms with van der Waals surface area (Å²) in [5.41, 5.74) is 14.0. The third-order valence-electron chi connectivity index (χ3n) is 3.40. The van der Waals surface area contributed by atoms with E-state index in [9.17, 15) is 0 Å². The van der Waals surface area contributed by atoms with Crippen LogP contribution in [0, 0.1) is 0 Å². The van der Waals surface area contributed by atoms with Crippen LogP contribution in [0.2, 0.25) is 0 Å². The Hall–Kier alpha value is -3.02. The molecule has 0 radical (unpaired) electrons. The number of hydrogen-bond donors (Lipinski definition) is 2. The van der Waals surface area contributed by atoms with E-state index in [-0.39, 0.29) is 0 Å². The molecule has 1 heterocycles. The van der Waals surface area contributed by atoms with Crippen LogP contribution in [0.1, 0.15) is 0 Å². The fraction of sp³-hybridized carbons (Fsp3) is 0.125. The maximum Gasteiger partial charge on any atom is 0.162 e. The van der Waals surface area contributed by atoms with Crippen LogP contribution < -0.4 is 20.9 Å². The number of benzene rings is 2. The van der Waals surface area contributed by atoms with Crippen molar-refractivity contribution in [1.29, 1.82) is 0 Å². The topological polar surface area (TPSA) is 96.3 Å². The van der Waals surface area contributed by atoms with Gasteiger partial charge in [-0.1, -0.05) is 0 Å². The monoisotopic (exact) mass is 296 g/mol. The lowest BCUT2D eigenvalue weighted by molar-refractivity contribution is 0.356. The van der Waals surface area contributed by atoms with Gasteiger partial charge >= 0.3 is 0 Å². The summed E-state index contributed by atoms with van der Waals surface area (Å²) in [6.07, 6.45) is 0. The van der Waals surface area contributed by atoms with Crippen LogP contribution in [0.25, 0.3) is 22.3 Å². The summed E-state index contributed by atoms with van der Waals surface area (Å²) in [7, 11) is 3.15. The molecule has 0 unspecified atom stereocenters. The molecule has 0 saturated carbocycles. The van der Waals surface area contributed by atoms with E-state index in [1.54, 1.807) is 38.5 Å². The SMILES string of the molecule is COc1cc2nc(-c3ccc(N)cc3)nc(N)c2cc1OC. The van der Waals surface area contributed by atoms with Gasteiger partial charge in [0, 0.05) is 22.7 Å². The first kappa shape index (κ1) is 13.9. The summed E-state index contributed by atoms with van der Waals surface area (Å²) in [5.74, 6) is 2.11. The van der Waals surface area contributed by atoms with Gasteiger partial charge in [0.05, 0.1) is 19.7 Å². The van der Waals surface area contributed by atoms with Crippen LogP contribution in [0.5, 0.6) is 11.5 Å². The van der Waals surface area contributed by atoms with E-state index in [4.69, 9.17) is 20.9 Å². The minimum absolute atomic E-state index is 0.387. The number of nitrogens with two attached hydrogens (primary N) is 2. The van der Waals surface area contributed by atoms with Crippen molar-refractivity contribution in [1.82, 2.24) is 9.97 Å². The minimum atomic E-state index is 0.387. The summed E-state index contributed by atoms with van der Waals surface area (Å²) < 4.78 is 10.6. The average Bonchev–Trinajstić information content (AvgIpc) is 2.54. The van der Waals surface area contributed by atoms with Crippen LogP contribution in [-0.2, 0) is 0 Å². The lowest BCUT2D eigenvalue weighted by Crippen LogP contribution is -1.99. The number of rotatable bonds is 3. The molecule has 3 aromatic rings. The second kappa shape index (κ2) is 5.40.